The average molecular weight is 419 g/mol. The van der Waals surface area contributed by atoms with Crippen molar-refractivity contribution in [1.82, 2.24) is 29.5 Å². The molecule has 4 heterocycles. The molecule has 9 nitrogen and oxygen atoms in total. The van der Waals surface area contributed by atoms with Gasteiger partial charge in [-0.3, -0.25) is 14.3 Å². The number of amides is 2. The van der Waals surface area contributed by atoms with Crippen molar-refractivity contribution in [2.75, 3.05) is 37.6 Å². The van der Waals surface area contributed by atoms with Crippen LogP contribution in [-0.2, 0) is 23.2 Å². The van der Waals surface area contributed by atoms with Crippen LogP contribution in [-0.4, -0.2) is 74.1 Å². The second kappa shape index (κ2) is 7.98. The van der Waals surface area contributed by atoms with Gasteiger partial charge in [0.1, 0.15) is 12.1 Å². The van der Waals surface area contributed by atoms with Gasteiger partial charge in [-0.25, -0.2) is 9.97 Å². The molecule has 0 N–H and O–H groups in total. The number of carbonyl (C=O) groups excluding carboxylic acids is 2. The molecule has 0 aliphatic carbocycles. The van der Waals surface area contributed by atoms with E-state index in [1.165, 1.54) is 0 Å². The van der Waals surface area contributed by atoms with Crippen LogP contribution in [0.4, 0.5) is 5.82 Å². The fraction of sp³-hybridized carbons (Fsp3) is 0.409. The van der Waals surface area contributed by atoms with Gasteiger partial charge in [-0.1, -0.05) is 30.3 Å². The topological polar surface area (TPSA) is 87.5 Å². The van der Waals surface area contributed by atoms with Crippen molar-refractivity contribution < 1.29 is 9.59 Å². The van der Waals surface area contributed by atoms with E-state index in [0.717, 1.165) is 22.4 Å². The van der Waals surface area contributed by atoms with Gasteiger partial charge in [0.15, 0.2) is 5.65 Å². The van der Waals surface area contributed by atoms with Gasteiger partial charge in [-0.2, -0.15) is 5.10 Å². The molecular formula is C22H25N7O2. The van der Waals surface area contributed by atoms with Gasteiger partial charge in [0.05, 0.1) is 17.5 Å². The summed E-state index contributed by atoms with van der Waals surface area (Å²) in [7, 11) is 1.86. The average Bonchev–Trinajstić information content (AvgIpc) is 3.37. The Morgan fingerprint density at radius 1 is 1.10 bits per heavy atom. The van der Waals surface area contributed by atoms with Crippen LogP contribution in [0.3, 0.4) is 0 Å². The zero-order chi connectivity index (χ0) is 21.4. The van der Waals surface area contributed by atoms with Crippen LogP contribution in [0.2, 0.25) is 0 Å². The van der Waals surface area contributed by atoms with Crippen molar-refractivity contribution in [1.29, 1.82) is 0 Å². The number of carbonyl (C=O) groups is 2. The maximum Gasteiger partial charge on any atom is 0.228 e. The first kappa shape index (κ1) is 19.5. The third kappa shape index (κ3) is 3.71. The molecule has 0 unspecified atom stereocenters. The zero-order valence-electron chi connectivity index (χ0n) is 17.5. The van der Waals surface area contributed by atoms with E-state index in [4.69, 9.17) is 0 Å². The molecule has 2 aliphatic heterocycles. The molecule has 9 heteroatoms. The smallest absolute Gasteiger partial charge is 0.228 e. The molecule has 1 aromatic carbocycles. The first-order valence-corrected chi connectivity index (χ1v) is 10.6. The highest BCUT2D eigenvalue weighted by atomic mass is 16.2. The summed E-state index contributed by atoms with van der Waals surface area (Å²) in [6.45, 7) is 3.69. The van der Waals surface area contributed by atoms with E-state index in [1.807, 2.05) is 42.3 Å². The molecule has 0 radical (unpaired) electrons. The first-order chi connectivity index (χ1) is 15.1. The molecular weight excluding hydrogens is 394 g/mol. The number of hydrogen-bond acceptors (Lipinski definition) is 6. The van der Waals surface area contributed by atoms with Crippen molar-refractivity contribution in [3.63, 3.8) is 0 Å². The van der Waals surface area contributed by atoms with Crippen LogP contribution < -0.4 is 4.90 Å². The monoisotopic (exact) mass is 419 g/mol. The van der Waals surface area contributed by atoms with Crippen molar-refractivity contribution in [2.24, 2.45) is 13.0 Å². The number of aryl methyl sites for hydroxylation is 1. The summed E-state index contributed by atoms with van der Waals surface area (Å²) in [4.78, 5) is 40.2. The highest BCUT2D eigenvalue weighted by molar-refractivity contribution is 5.90. The molecule has 2 aliphatic rings. The van der Waals surface area contributed by atoms with E-state index in [0.29, 0.717) is 45.7 Å². The summed E-state index contributed by atoms with van der Waals surface area (Å²) < 4.78 is 1.73. The van der Waals surface area contributed by atoms with E-state index in [9.17, 15) is 9.59 Å². The number of hydrogen-bond donors (Lipinski definition) is 0. The minimum Gasteiger partial charge on any atom is -0.352 e. The lowest BCUT2D eigenvalue weighted by atomic mass is 10.1. The van der Waals surface area contributed by atoms with Crippen molar-refractivity contribution in [2.45, 2.75) is 13.0 Å². The number of piperazine rings is 1. The lowest BCUT2D eigenvalue weighted by Crippen LogP contribution is -2.51. The number of benzene rings is 1. The second-order valence-electron chi connectivity index (χ2n) is 8.18. The lowest BCUT2D eigenvalue weighted by Gasteiger charge is -2.36. The van der Waals surface area contributed by atoms with Crippen LogP contribution in [0.1, 0.15) is 12.0 Å². The fourth-order valence-electron chi connectivity index (χ4n) is 4.49. The Kier molecular flexibility index (Phi) is 5.01. The molecule has 2 saturated heterocycles. The highest BCUT2D eigenvalue weighted by Gasteiger charge is 2.37. The van der Waals surface area contributed by atoms with Crippen molar-refractivity contribution >= 4 is 28.7 Å². The zero-order valence-corrected chi connectivity index (χ0v) is 17.5. The molecule has 2 aromatic heterocycles. The fourth-order valence-corrected chi connectivity index (χ4v) is 4.49. The predicted molar refractivity (Wildman–Crippen MR) is 115 cm³/mol. The number of rotatable bonds is 4. The van der Waals surface area contributed by atoms with Gasteiger partial charge in [-0.05, 0) is 5.56 Å². The minimum atomic E-state index is -0.258. The molecule has 3 aromatic rings. The predicted octanol–water partition coefficient (Wildman–Crippen LogP) is 1.06. The summed E-state index contributed by atoms with van der Waals surface area (Å²) in [6.07, 6.45) is 3.64. The largest absolute Gasteiger partial charge is 0.352 e. The standard InChI is InChI=1S/C22H25N7O2/c1-26-20-18(12-25-26)21(24-15-23-20)27-7-9-28(10-8-27)22(31)17-11-19(30)29(14-17)13-16-5-3-2-4-6-16/h2-6,12,15,17H,7-11,13-14H2,1H3/t17-/m1/s1. The highest BCUT2D eigenvalue weighted by Crippen LogP contribution is 2.25. The minimum absolute atomic E-state index is 0.0563. The molecule has 1 atom stereocenters. The molecule has 31 heavy (non-hydrogen) atoms. The molecule has 0 spiro atoms. The summed E-state index contributed by atoms with van der Waals surface area (Å²) >= 11 is 0. The Balaban J connectivity index is 1.21. The van der Waals surface area contributed by atoms with Crippen LogP contribution in [0.25, 0.3) is 11.0 Å². The number of nitrogens with zero attached hydrogens (tertiary/aromatic N) is 7. The Labute approximate surface area is 180 Å². The van der Waals surface area contributed by atoms with Crippen LogP contribution >= 0.6 is 0 Å². The quantitative estimate of drug-likeness (QED) is 0.629. The summed E-state index contributed by atoms with van der Waals surface area (Å²) in [5.74, 6) is 0.737. The van der Waals surface area contributed by atoms with Crippen molar-refractivity contribution in [3.05, 3.63) is 48.4 Å². The number of anilines is 1. The second-order valence-corrected chi connectivity index (χ2v) is 8.18. The van der Waals surface area contributed by atoms with E-state index < -0.39 is 0 Å². The molecule has 5 rings (SSSR count). The summed E-state index contributed by atoms with van der Waals surface area (Å²) in [6, 6.07) is 9.91. The third-order valence-electron chi connectivity index (χ3n) is 6.18. The Bertz CT molecular complexity index is 1110. The van der Waals surface area contributed by atoms with Crippen LogP contribution in [0.5, 0.6) is 0 Å². The van der Waals surface area contributed by atoms with Gasteiger partial charge in [0.25, 0.3) is 0 Å². The number of likely N-dealkylation sites (tertiary alicyclic amines) is 1. The maximum absolute atomic E-state index is 13.1. The molecule has 0 saturated carbocycles. The van der Waals surface area contributed by atoms with Crippen LogP contribution in [0, 0.1) is 5.92 Å². The SMILES string of the molecule is Cn1ncc2c(N3CCN(C(=O)[C@@H]4CC(=O)N(Cc5ccccc5)C4)CC3)ncnc21. The van der Waals surface area contributed by atoms with Gasteiger partial charge >= 0.3 is 0 Å². The summed E-state index contributed by atoms with van der Waals surface area (Å²) in [5.41, 5.74) is 1.88. The van der Waals surface area contributed by atoms with E-state index in [1.54, 1.807) is 22.1 Å². The van der Waals surface area contributed by atoms with Gasteiger partial charge in [0, 0.05) is 52.7 Å². The molecule has 2 amide bonds. The summed E-state index contributed by atoms with van der Waals surface area (Å²) in [5, 5.41) is 5.20. The Morgan fingerprint density at radius 3 is 2.65 bits per heavy atom. The molecule has 0 bridgehead atoms. The number of fused-ring (bicyclic) bond motifs is 1. The van der Waals surface area contributed by atoms with E-state index in [2.05, 4.69) is 20.0 Å². The molecule has 2 fully saturated rings. The van der Waals surface area contributed by atoms with E-state index in [-0.39, 0.29) is 17.7 Å². The lowest BCUT2D eigenvalue weighted by molar-refractivity contribution is -0.136. The maximum atomic E-state index is 13.1. The van der Waals surface area contributed by atoms with Crippen LogP contribution in [0.15, 0.2) is 42.9 Å². The van der Waals surface area contributed by atoms with Gasteiger partial charge < -0.3 is 14.7 Å². The Morgan fingerprint density at radius 2 is 1.87 bits per heavy atom. The Hall–Kier alpha value is -3.49. The van der Waals surface area contributed by atoms with Crippen molar-refractivity contribution in [3.8, 4) is 0 Å². The number of aromatic nitrogens is 4. The molecule has 160 valence electrons. The first-order valence-electron chi connectivity index (χ1n) is 10.6. The van der Waals surface area contributed by atoms with E-state index >= 15 is 0 Å². The normalized spacial score (nSPS) is 19.5. The van der Waals surface area contributed by atoms with Gasteiger partial charge in [0.2, 0.25) is 11.8 Å². The third-order valence-corrected chi connectivity index (χ3v) is 6.18. The van der Waals surface area contributed by atoms with Gasteiger partial charge in [-0.15, -0.1) is 0 Å².